The van der Waals surface area contributed by atoms with Crippen molar-refractivity contribution in [2.45, 2.75) is 11.4 Å². The van der Waals surface area contributed by atoms with Gasteiger partial charge in [-0.1, -0.05) is 30.3 Å². The Morgan fingerprint density at radius 3 is 2.48 bits per heavy atom. The van der Waals surface area contributed by atoms with Crippen molar-refractivity contribution in [2.75, 3.05) is 4.72 Å². The maximum atomic E-state index is 12.5. The largest absolute Gasteiger partial charge is 0.457 e. The normalized spacial score (nSPS) is 12.8. The number of nitrogens with zero attached hydrogens (tertiary/aromatic N) is 3. The third kappa shape index (κ3) is 4.79. The van der Waals surface area contributed by atoms with Crippen molar-refractivity contribution in [2.24, 2.45) is 12.0 Å². The molecule has 4 aromatic rings. The van der Waals surface area contributed by atoms with E-state index >= 15 is 0 Å². The highest BCUT2D eigenvalue weighted by Gasteiger charge is 2.22. The Balaban J connectivity index is 1.26. The first-order valence-electron chi connectivity index (χ1n) is 10.3. The molecule has 0 amide bonds. The second-order valence-corrected chi connectivity index (χ2v) is 9.37. The third-order valence-corrected chi connectivity index (χ3v) is 6.38. The van der Waals surface area contributed by atoms with Gasteiger partial charge in [0, 0.05) is 19.3 Å². The number of nitrogens with two attached hydrogens (primary N) is 1. The Morgan fingerprint density at radius 2 is 1.76 bits per heavy atom. The molecule has 1 aromatic heterocycles. The highest BCUT2D eigenvalue weighted by atomic mass is 32.2. The summed E-state index contributed by atoms with van der Waals surface area (Å²) in [6.07, 6.45) is 3.56. The second kappa shape index (κ2) is 8.53. The minimum absolute atomic E-state index is 0.0269. The van der Waals surface area contributed by atoms with Crippen LogP contribution in [-0.4, -0.2) is 23.8 Å². The van der Waals surface area contributed by atoms with Crippen LogP contribution >= 0.6 is 0 Å². The van der Waals surface area contributed by atoms with Gasteiger partial charge in [-0.05, 0) is 42.0 Å². The van der Waals surface area contributed by atoms with Gasteiger partial charge >= 0.3 is 0 Å². The van der Waals surface area contributed by atoms with Crippen molar-refractivity contribution >= 4 is 32.9 Å². The summed E-state index contributed by atoms with van der Waals surface area (Å²) in [7, 11) is -2.03. The molecule has 9 heteroatoms. The molecule has 3 N–H and O–H groups in total. The lowest BCUT2D eigenvalue weighted by molar-refractivity contribution is -0.440. The standard InChI is InChI=1S/C24H21N5O3S/c1-29-15-24(25-16-29)33(30,31)28-18-9-12-21-22(14-18)27-23(26-21)13-17-7-10-20(11-8-17)32-19-5-3-2-4-6-19/h2-12,14-16,28H,13H2,1H3,(H,26,27)/p+1. The van der Waals surface area contributed by atoms with Crippen molar-refractivity contribution in [3.63, 3.8) is 0 Å². The van der Waals surface area contributed by atoms with E-state index in [0.717, 1.165) is 34.3 Å². The van der Waals surface area contributed by atoms with Crippen molar-refractivity contribution in [1.29, 1.82) is 0 Å². The first-order chi connectivity index (χ1) is 15.9. The second-order valence-electron chi connectivity index (χ2n) is 7.74. The number of ether oxygens (including phenoxy) is 1. The van der Waals surface area contributed by atoms with Crippen molar-refractivity contribution in [1.82, 2.24) is 9.55 Å². The molecule has 2 heterocycles. The maximum absolute atomic E-state index is 12.5. The van der Waals surface area contributed by atoms with E-state index in [0.29, 0.717) is 12.1 Å². The molecule has 33 heavy (non-hydrogen) atoms. The molecule has 0 spiro atoms. The van der Waals surface area contributed by atoms with Gasteiger partial charge in [0.15, 0.2) is 10.7 Å². The fourth-order valence-electron chi connectivity index (χ4n) is 3.53. The number of aliphatic imine (C=N–C) groups is 1. The maximum Gasteiger partial charge on any atom is 0.280 e. The third-order valence-electron chi connectivity index (χ3n) is 5.11. The van der Waals surface area contributed by atoms with E-state index in [9.17, 15) is 8.42 Å². The summed E-state index contributed by atoms with van der Waals surface area (Å²) in [6, 6.07) is 22.9. The van der Waals surface area contributed by atoms with Crippen molar-refractivity contribution in [3.05, 3.63) is 90.9 Å². The molecular formula is C24H22N5O3S+. The van der Waals surface area contributed by atoms with Gasteiger partial charge in [-0.25, -0.2) is 4.98 Å². The van der Waals surface area contributed by atoms with E-state index in [1.807, 2.05) is 66.0 Å². The lowest BCUT2D eigenvalue weighted by Gasteiger charge is -2.06. The van der Waals surface area contributed by atoms with E-state index in [1.165, 1.54) is 12.5 Å². The molecular weight excluding hydrogens is 438 g/mol. The molecule has 0 fully saturated rings. The molecule has 0 aliphatic carbocycles. The van der Waals surface area contributed by atoms with Crippen LogP contribution in [0.25, 0.3) is 0 Å². The first-order valence-corrected chi connectivity index (χ1v) is 11.8. The molecule has 0 unspecified atom stereocenters. The van der Waals surface area contributed by atoms with Crippen molar-refractivity contribution in [3.8, 4) is 11.5 Å². The smallest absolute Gasteiger partial charge is 0.280 e. The van der Waals surface area contributed by atoms with Crippen LogP contribution in [0.5, 0.6) is 11.5 Å². The van der Waals surface area contributed by atoms with Crippen LogP contribution in [-0.2, 0) is 23.5 Å². The Kier molecular flexibility index (Phi) is 5.41. The molecule has 0 bridgehead atoms. The molecule has 0 atom stereocenters. The molecule has 0 saturated carbocycles. The lowest BCUT2D eigenvalue weighted by atomic mass is 10.1. The summed E-state index contributed by atoms with van der Waals surface area (Å²) >= 11 is 0. The molecule has 1 aliphatic heterocycles. The number of rotatable bonds is 7. The number of fused-ring (bicyclic) bond motifs is 1. The average Bonchev–Trinajstić information content (AvgIpc) is 3.41. The number of amidine groups is 1. The van der Waals surface area contributed by atoms with Crippen LogP contribution in [0.3, 0.4) is 0 Å². The average molecular weight is 461 g/mol. The number of sulfonamides is 1. The van der Waals surface area contributed by atoms with Crippen LogP contribution in [0.1, 0.15) is 5.56 Å². The monoisotopic (exact) mass is 460 g/mol. The fraction of sp³-hybridized carbons (Fsp3) is 0.0833. The van der Waals surface area contributed by atoms with E-state index in [4.69, 9.17) is 4.74 Å². The predicted octanol–water partition coefficient (Wildman–Crippen LogP) is 3.49. The first kappa shape index (κ1) is 20.9. The number of aryl methyl sites for hydroxylation is 1. The molecule has 8 nitrogen and oxygen atoms in total. The summed E-state index contributed by atoms with van der Waals surface area (Å²) in [5, 5.41) is 1.99. The molecule has 5 rings (SSSR count). The number of aromatic nitrogens is 2. The number of hydrogen-bond donors (Lipinski definition) is 2. The van der Waals surface area contributed by atoms with Gasteiger partial charge in [-0.3, -0.25) is 10.0 Å². The van der Waals surface area contributed by atoms with Crippen molar-refractivity contribution < 1.29 is 18.5 Å². The Labute approximate surface area is 191 Å². The number of quaternary nitrogens is 1. The van der Waals surface area contributed by atoms with Gasteiger partial charge in [0.25, 0.3) is 10.0 Å². The zero-order valence-electron chi connectivity index (χ0n) is 17.8. The molecule has 3 aromatic carbocycles. The minimum atomic E-state index is -3.75. The van der Waals surface area contributed by atoms with Crippen LogP contribution < -0.4 is 14.8 Å². The molecule has 0 radical (unpaired) electrons. The zero-order valence-corrected chi connectivity index (χ0v) is 18.7. The van der Waals surface area contributed by atoms with E-state index in [2.05, 4.69) is 14.7 Å². The molecule has 0 saturated heterocycles. The summed E-state index contributed by atoms with van der Waals surface area (Å²) in [5.74, 6) is 2.48. The zero-order chi connectivity index (χ0) is 22.8. The number of imidazole rings is 1. The summed E-state index contributed by atoms with van der Waals surface area (Å²) < 4.78 is 35.0. The highest BCUT2D eigenvalue weighted by Crippen LogP contribution is 2.29. The number of benzene rings is 3. The minimum Gasteiger partial charge on any atom is -0.457 e. The lowest BCUT2D eigenvalue weighted by Crippen LogP contribution is -2.81. The Bertz CT molecular complexity index is 1430. The number of anilines is 1. The molecule has 166 valence electrons. The quantitative estimate of drug-likeness (QED) is 0.412. The Morgan fingerprint density at radius 1 is 1.00 bits per heavy atom. The van der Waals surface area contributed by atoms with Gasteiger partial charge in [0.2, 0.25) is 5.84 Å². The van der Waals surface area contributed by atoms with E-state index < -0.39 is 10.0 Å². The van der Waals surface area contributed by atoms with Gasteiger partial charge in [-0.2, -0.15) is 13.4 Å². The highest BCUT2D eigenvalue weighted by molar-refractivity contribution is 7.92. The summed E-state index contributed by atoms with van der Waals surface area (Å²) in [4.78, 5) is 8.59. The van der Waals surface area contributed by atoms with E-state index in [-0.39, 0.29) is 5.03 Å². The number of nitrogens with one attached hydrogen (secondary N) is 1. The van der Waals surface area contributed by atoms with Gasteiger partial charge in [-0.15, -0.1) is 0 Å². The van der Waals surface area contributed by atoms with Gasteiger partial charge in [0.1, 0.15) is 17.2 Å². The number of para-hydroxylation sites is 1. The molecule has 1 aliphatic rings. The van der Waals surface area contributed by atoms with Crippen LogP contribution in [0.2, 0.25) is 0 Å². The summed E-state index contributed by atoms with van der Waals surface area (Å²) in [6.45, 7) is 0. The Hall–Kier alpha value is -3.95. The van der Waals surface area contributed by atoms with E-state index in [1.54, 1.807) is 23.7 Å². The van der Waals surface area contributed by atoms with Gasteiger partial charge < -0.3 is 9.30 Å². The van der Waals surface area contributed by atoms with Gasteiger partial charge in [0.05, 0.1) is 18.4 Å². The number of hydrogen-bond acceptors (Lipinski definition) is 5. The van der Waals surface area contributed by atoms with Crippen LogP contribution in [0, 0.1) is 0 Å². The van der Waals surface area contributed by atoms with Crippen LogP contribution in [0.4, 0.5) is 17.1 Å². The fourth-order valence-corrected chi connectivity index (χ4v) is 4.56. The van der Waals surface area contributed by atoms with Crippen LogP contribution in [0.15, 0.2) is 95.3 Å². The topological polar surface area (TPSA) is 102 Å². The predicted molar refractivity (Wildman–Crippen MR) is 126 cm³/mol. The SMILES string of the molecule is Cn1cnc(S(=O)(=O)Nc2ccc3c(c2)N=C(Cc2ccc(Oc4ccccc4)cc2)[NH2+]3)c1. The summed E-state index contributed by atoms with van der Waals surface area (Å²) in [5.41, 5.74) is 3.24.